The van der Waals surface area contributed by atoms with Gasteiger partial charge in [-0.3, -0.25) is 4.79 Å². The molecule has 0 saturated carbocycles. The van der Waals surface area contributed by atoms with E-state index in [-0.39, 0.29) is 5.56 Å². The number of carbonyl (C=O) groups excluding carboxylic acids is 1. The van der Waals surface area contributed by atoms with Crippen molar-refractivity contribution >= 4 is 5.78 Å². The zero-order valence-electron chi connectivity index (χ0n) is 7.73. The van der Waals surface area contributed by atoms with E-state index < -0.39 is 30.5 Å². The molecule has 0 aromatic heterocycles. The van der Waals surface area contributed by atoms with Crippen LogP contribution in [-0.2, 0) is 0 Å². The first kappa shape index (κ1) is 11.7. The van der Waals surface area contributed by atoms with Gasteiger partial charge in [0.1, 0.15) is 5.82 Å². The number of aliphatic hydroxyl groups is 2. The molecule has 0 fully saturated rings. The van der Waals surface area contributed by atoms with Gasteiger partial charge in [0.2, 0.25) is 0 Å². The zero-order chi connectivity index (χ0) is 11.4. The first-order valence-corrected chi connectivity index (χ1v) is 4.29. The van der Waals surface area contributed by atoms with Crippen molar-refractivity contribution in [3.8, 4) is 0 Å². The van der Waals surface area contributed by atoms with Gasteiger partial charge in [-0.25, -0.2) is 8.78 Å². The second-order valence-electron chi connectivity index (χ2n) is 3.06. The summed E-state index contributed by atoms with van der Waals surface area (Å²) in [7, 11) is 0. The standard InChI is InChI=1S/C10H10F2O3/c11-7-3-1-6(2-4-7)9(13)5-8(12)10(14)15/h1-4,8,10,14-15H,5H2. The van der Waals surface area contributed by atoms with Crippen molar-refractivity contribution in [2.75, 3.05) is 0 Å². The number of aliphatic hydroxyl groups excluding tert-OH is 1. The lowest BCUT2D eigenvalue weighted by molar-refractivity contribution is -0.0925. The summed E-state index contributed by atoms with van der Waals surface area (Å²) in [5.74, 6) is -1.10. The third kappa shape index (κ3) is 3.38. The van der Waals surface area contributed by atoms with Crippen LogP contribution in [0.25, 0.3) is 0 Å². The smallest absolute Gasteiger partial charge is 0.184 e. The highest BCUT2D eigenvalue weighted by Crippen LogP contribution is 2.10. The van der Waals surface area contributed by atoms with Crippen molar-refractivity contribution in [3.63, 3.8) is 0 Å². The van der Waals surface area contributed by atoms with Gasteiger partial charge in [0.15, 0.2) is 18.2 Å². The molecule has 82 valence electrons. The Balaban J connectivity index is 2.65. The van der Waals surface area contributed by atoms with Gasteiger partial charge in [0.05, 0.1) is 0 Å². The Hall–Kier alpha value is -1.33. The Kier molecular flexibility index (Phi) is 3.88. The molecule has 0 spiro atoms. The maximum atomic E-state index is 12.7. The van der Waals surface area contributed by atoms with E-state index in [1.54, 1.807) is 0 Å². The number of hydrogen-bond acceptors (Lipinski definition) is 3. The summed E-state index contributed by atoms with van der Waals surface area (Å²) < 4.78 is 25.2. The Morgan fingerprint density at radius 2 is 1.80 bits per heavy atom. The molecule has 15 heavy (non-hydrogen) atoms. The van der Waals surface area contributed by atoms with E-state index >= 15 is 0 Å². The van der Waals surface area contributed by atoms with E-state index in [0.717, 1.165) is 12.1 Å². The predicted octanol–water partition coefficient (Wildman–Crippen LogP) is 1.05. The number of halogens is 2. The molecule has 0 aliphatic heterocycles. The van der Waals surface area contributed by atoms with Gasteiger partial charge in [-0.2, -0.15) is 0 Å². The molecule has 0 saturated heterocycles. The minimum atomic E-state index is -2.17. The molecule has 0 radical (unpaired) electrons. The van der Waals surface area contributed by atoms with Crippen molar-refractivity contribution in [1.29, 1.82) is 0 Å². The average Bonchev–Trinajstić information content (AvgIpc) is 2.18. The van der Waals surface area contributed by atoms with Crippen molar-refractivity contribution in [2.24, 2.45) is 0 Å². The minimum Gasteiger partial charge on any atom is -0.366 e. The average molecular weight is 216 g/mol. The van der Waals surface area contributed by atoms with Crippen LogP contribution in [0.3, 0.4) is 0 Å². The summed E-state index contributed by atoms with van der Waals surface area (Å²) in [4.78, 5) is 11.3. The molecule has 0 heterocycles. The largest absolute Gasteiger partial charge is 0.366 e. The van der Waals surface area contributed by atoms with E-state index in [1.165, 1.54) is 12.1 Å². The molecule has 0 aliphatic rings. The Bertz CT molecular complexity index is 335. The minimum absolute atomic E-state index is 0.139. The highest BCUT2D eigenvalue weighted by atomic mass is 19.1. The quantitative estimate of drug-likeness (QED) is 0.584. The second-order valence-corrected chi connectivity index (χ2v) is 3.06. The third-order valence-electron chi connectivity index (χ3n) is 1.87. The number of rotatable bonds is 4. The summed E-state index contributed by atoms with van der Waals surface area (Å²) >= 11 is 0. The molecule has 1 unspecified atom stereocenters. The monoisotopic (exact) mass is 216 g/mol. The van der Waals surface area contributed by atoms with E-state index in [1.807, 2.05) is 0 Å². The Morgan fingerprint density at radius 1 is 1.27 bits per heavy atom. The summed E-state index contributed by atoms with van der Waals surface area (Å²) in [6.07, 6.45) is -4.83. The van der Waals surface area contributed by atoms with E-state index in [4.69, 9.17) is 10.2 Å². The molecule has 1 aromatic carbocycles. The summed E-state index contributed by atoms with van der Waals surface area (Å²) in [5.41, 5.74) is 0.139. The predicted molar refractivity (Wildman–Crippen MR) is 48.5 cm³/mol. The fraction of sp³-hybridized carbons (Fsp3) is 0.300. The molecular weight excluding hydrogens is 206 g/mol. The summed E-state index contributed by atoms with van der Waals surface area (Å²) in [6, 6.07) is 4.59. The van der Waals surface area contributed by atoms with Crippen LogP contribution in [0.4, 0.5) is 8.78 Å². The van der Waals surface area contributed by atoms with E-state index in [9.17, 15) is 13.6 Å². The van der Waals surface area contributed by atoms with Crippen LogP contribution in [-0.4, -0.2) is 28.5 Å². The van der Waals surface area contributed by atoms with Crippen LogP contribution in [0, 0.1) is 5.82 Å². The van der Waals surface area contributed by atoms with Crippen molar-refractivity contribution < 1.29 is 23.8 Å². The molecule has 0 bridgehead atoms. The van der Waals surface area contributed by atoms with E-state index in [0.29, 0.717) is 0 Å². The molecule has 1 rings (SSSR count). The number of carbonyl (C=O) groups is 1. The van der Waals surface area contributed by atoms with Gasteiger partial charge >= 0.3 is 0 Å². The van der Waals surface area contributed by atoms with Crippen LogP contribution in [0.2, 0.25) is 0 Å². The van der Waals surface area contributed by atoms with Crippen LogP contribution in [0.1, 0.15) is 16.8 Å². The summed E-state index contributed by atoms with van der Waals surface area (Å²) in [5, 5.41) is 16.9. The van der Waals surface area contributed by atoms with Crippen molar-refractivity contribution in [2.45, 2.75) is 18.9 Å². The van der Waals surface area contributed by atoms with Gasteiger partial charge in [-0.1, -0.05) is 0 Å². The van der Waals surface area contributed by atoms with Gasteiger partial charge < -0.3 is 10.2 Å². The first-order valence-electron chi connectivity index (χ1n) is 4.29. The maximum Gasteiger partial charge on any atom is 0.184 e. The van der Waals surface area contributed by atoms with Gasteiger partial charge in [0.25, 0.3) is 0 Å². The van der Waals surface area contributed by atoms with Crippen molar-refractivity contribution in [1.82, 2.24) is 0 Å². The lowest BCUT2D eigenvalue weighted by Gasteiger charge is -2.08. The normalized spacial score (nSPS) is 12.9. The molecule has 1 aromatic rings. The van der Waals surface area contributed by atoms with Crippen molar-refractivity contribution in [3.05, 3.63) is 35.6 Å². The number of Topliss-reactive ketones (excluding diaryl/α,β-unsaturated/α-hetero) is 1. The summed E-state index contributed by atoms with van der Waals surface area (Å²) in [6.45, 7) is 0. The molecule has 0 amide bonds. The number of benzene rings is 1. The third-order valence-corrected chi connectivity index (χ3v) is 1.87. The number of alkyl halides is 1. The van der Waals surface area contributed by atoms with Gasteiger partial charge in [-0.05, 0) is 24.3 Å². The highest BCUT2D eigenvalue weighted by Gasteiger charge is 2.20. The number of hydrogen-bond donors (Lipinski definition) is 2. The fourth-order valence-electron chi connectivity index (χ4n) is 1.04. The van der Waals surface area contributed by atoms with Crippen LogP contribution < -0.4 is 0 Å². The SMILES string of the molecule is O=C(CC(F)C(O)O)c1ccc(F)cc1. The molecule has 0 aliphatic carbocycles. The lowest BCUT2D eigenvalue weighted by atomic mass is 10.1. The molecule has 2 N–H and O–H groups in total. The Morgan fingerprint density at radius 3 is 2.27 bits per heavy atom. The van der Waals surface area contributed by atoms with E-state index in [2.05, 4.69) is 0 Å². The molecule has 1 atom stereocenters. The molecule has 3 nitrogen and oxygen atoms in total. The number of ketones is 1. The zero-order valence-corrected chi connectivity index (χ0v) is 7.73. The van der Waals surface area contributed by atoms with Gasteiger partial charge in [-0.15, -0.1) is 0 Å². The van der Waals surface area contributed by atoms with Crippen LogP contribution in [0.15, 0.2) is 24.3 Å². The second kappa shape index (κ2) is 4.95. The van der Waals surface area contributed by atoms with Crippen LogP contribution >= 0.6 is 0 Å². The molecule has 5 heteroatoms. The maximum absolute atomic E-state index is 12.7. The molecular formula is C10H10F2O3. The van der Waals surface area contributed by atoms with Crippen LogP contribution in [0.5, 0.6) is 0 Å². The first-order chi connectivity index (χ1) is 7.00. The lowest BCUT2D eigenvalue weighted by Crippen LogP contribution is -2.24. The topological polar surface area (TPSA) is 57.5 Å². The Labute approximate surface area is 85.0 Å². The fourth-order valence-corrected chi connectivity index (χ4v) is 1.04. The van der Waals surface area contributed by atoms with Gasteiger partial charge in [0, 0.05) is 12.0 Å². The highest BCUT2D eigenvalue weighted by molar-refractivity contribution is 5.96.